The fourth-order valence-corrected chi connectivity index (χ4v) is 5.44. The zero-order valence-electron chi connectivity index (χ0n) is 18.1. The monoisotopic (exact) mass is 446 g/mol. The van der Waals surface area contributed by atoms with Crippen molar-refractivity contribution in [1.82, 2.24) is 0 Å². The Morgan fingerprint density at radius 2 is 1.66 bits per heavy atom. The molecule has 0 atom stereocenters. The highest BCUT2D eigenvalue weighted by Gasteiger charge is 2.50. The van der Waals surface area contributed by atoms with Crippen LogP contribution in [0, 0.1) is 0 Å². The summed E-state index contributed by atoms with van der Waals surface area (Å²) in [6.45, 7) is 2.94. The number of fused-ring (bicyclic) bond motifs is 1. The molecule has 1 aliphatic carbocycles. The molecule has 164 valence electrons. The van der Waals surface area contributed by atoms with Gasteiger partial charge in [-0.05, 0) is 58.4 Å². The van der Waals surface area contributed by atoms with Gasteiger partial charge in [0.1, 0.15) is 5.78 Å². The van der Waals surface area contributed by atoms with Crippen LogP contribution in [0.1, 0.15) is 42.0 Å². The van der Waals surface area contributed by atoms with E-state index in [0.29, 0.717) is 24.5 Å². The van der Waals surface area contributed by atoms with E-state index in [1.54, 1.807) is 19.1 Å². The molecule has 32 heavy (non-hydrogen) atoms. The smallest absolute Gasteiger partial charge is 0.178 e. The summed E-state index contributed by atoms with van der Waals surface area (Å²) in [4.78, 5) is 13.7. The minimum absolute atomic E-state index is 0.0862. The van der Waals surface area contributed by atoms with Gasteiger partial charge in [0.2, 0.25) is 0 Å². The molecule has 2 aliphatic rings. The van der Waals surface area contributed by atoms with Crippen LogP contribution in [0.2, 0.25) is 0 Å². The minimum atomic E-state index is -3.21. The molecule has 5 heteroatoms. The van der Waals surface area contributed by atoms with E-state index in [0.717, 1.165) is 35.1 Å². The first-order chi connectivity index (χ1) is 15.4. The van der Waals surface area contributed by atoms with E-state index >= 15 is 0 Å². The van der Waals surface area contributed by atoms with Crippen molar-refractivity contribution in [1.29, 1.82) is 0 Å². The number of carbonyl (C=O) groups excluding carboxylic acids is 1. The molecule has 0 bridgehead atoms. The third-order valence-electron chi connectivity index (χ3n) is 6.78. The van der Waals surface area contributed by atoms with Gasteiger partial charge in [0, 0.05) is 6.42 Å². The molecule has 3 aromatic carbocycles. The highest BCUT2D eigenvalue weighted by Crippen LogP contribution is 2.50. The predicted octanol–water partition coefficient (Wildman–Crippen LogP) is 5.02. The number of sulfone groups is 1. The average molecular weight is 447 g/mol. The van der Waals surface area contributed by atoms with Crippen molar-refractivity contribution in [2.45, 2.75) is 49.7 Å². The summed E-state index contributed by atoms with van der Waals surface area (Å²) in [5, 5.41) is 0. The van der Waals surface area contributed by atoms with Crippen molar-refractivity contribution >= 4 is 15.6 Å². The molecule has 1 fully saturated rings. The van der Waals surface area contributed by atoms with Gasteiger partial charge in [0.15, 0.2) is 9.84 Å². The lowest BCUT2D eigenvalue weighted by atomic mass is 9.86. The van der Waals surface area contributed by atoms with Crippen molar-refractivity contribution < 1.29 is 17.9 Å². The Balaban J connectivity index is 1.36. The molecule has 1 saturated carbocycles. The highest BCUT2D eigenvalue weighted by molar-refractivity contribution is 7.91. The number of ketones is 1. The van der Waals surface area contributed by atoms with Crippen LogP contribution in [-0.2, 0) is 44.4 Å². The molecule has 4 nitrogen and oxygen atoms in total. The second-order valence-electron chi connectivity index (χ2n) is 8.79. The van der Waals surface area contributed by atoms with E-state index in [1.165, 1.54) is 11.1 Å². The molecule has 0 amide bonds. The average Bonchev–Trinajstić information content (AvgIpc) is 3.50. The third kappa shape index (κ3) is 3.80. The molecule has 3 aromatic rings. The number of rotatable bonds is 7. The molecule has 0 radical (unpaired) electrons. The molecule has 0 aromatic heterocycles. The first kappa shape index (κ1) is 21.1. The lowest BCUT2D eigenvalue weighted by Crippen LogP contribution is -2.22. The zero-order chi connectivity index (χ0) is 22.3. The number of Topliss-reactive ketones (excluding diaryl/α,β-unsaturated/α-hetero) is 1. The number of hydrogen-bond donors (Lipinski definition) is 0. The van der Waals surface area contributed by atoms with Crippen LogP contribution >= 0.6 is 0 Å². The van der Waals surface area contributed by atoms with Crippen LogP contribution in [0.3, 0.4) is 0 Å². The van der Waals surface area contributed by atoms with Gasteiger partial charge in [0.25, 0.3) is 0 Å². The van der Waals surface area contributed by atoms with E-state index in [9.17, 15) is 13.2 Å². The summed E-state index contributed by atoms with van der Waals surface area (Å²) in [5.41, 5.74) is 6.09. The van der Waals surface area contributed by atoms with Gasteiger partial charge >= 0.3 is 0 Å². The SMILES string of the molecule is CCS(=O)(=O)c1ccc(-c2cccc(CC(=O)C3(c4ccc5c(c4)COC5)CC3)c2)cc1. The maximum Gasteiger partial charge on any atom is 0.178 e. The van der Waals surface area contributed by atoms with E-state index in [1.807, 2.05) is 36.4 Å². The zero-order valence-corrected chi connectivity index (χ0v) is 19.0. The van der Waals surface area contributed by atoms with E-state index in [-0.39, 0.29) is 17.0 Å². The van der Waals surface area contributed by atoms with Crippen molar-refractivity contribution in [2.75, 3.05) is 5.75 Å². The Bertz CT molecular complexity index is 1290. The summed E-state index contributed by atoms with van der Waals surface area (Å²) in [5.74, 6) is 0.348. The molecule has 0 spiro atoms. The predicted molar refractivity (Wildman–Crippen MR) is 124 cm³/mol. The fourth-order valence-electron chi connectivity index (χ4n) is 4.56. The standard InChI is InChI=1S/C27H26O4S/c1-2-32(29,30)25-10-7-20(8-11-25)21-5-3-4-19(14-21)15-26(28)27(12-13-27)24-9-6-22-17-31-18-23(22)16-24/h3-11,14,16H,2,12-13,15,17-18H2,1H3. The number of ether oxygens (including phenoxy) is 1. The van der Waals surface area contributed by atoms with E-state index in [4.69, 9.17) is 4.74 Å². The Kier molecular flexibility index (Phi) is 5.26. The van der Waals surface area contributed by atoms with Crippen LogP contribution in [0.25, 0.3) is 11.1 Å². The van der Waals surface area contributed by atoms with Gasteiger partial charge in [-0.1, -0.05) is 61.5 Å². The maximum absolute atomic E-state index is 13.3. The molecule has 1 heterocycles. The summed E-state index contributed by atoms with van der Waals surface area (Å²) in [7, 11) is -3.21. The third-order valence-corrected chi connectivity index (χ3v) is 8.53. The summed E-state index contributed by atoms with van der Waals surface area (Å²) < 4.78 is 29.6. The molecule has 1 aliphatic heterocycles. The first-order valence-electron chi connectivity index (χ1n) is 11.1. The number of hydrogen-bond acceptors (Lipinski definition) is 4. The van der Waals surface area contributed by atoms with Crippen LogP contribution < -0.4 is 0 Å². The second-order valence-corrected chi connectivity index (χ2v) is 11.1. The molecule has 0 unspecified atom stereocenters. The van der Waals surface area contributed by atoms with Crippen molar-refractivity contribution in [3.8, 4) is 11.1 Å². The van der Waals surface area contributed by atoms with E-state index in [2.05, 4.69) is 18.2 Å². The lowest BCUT2D eigenvalue weighted by molar-refractivity contribution is -0.120. The molecule has 0 saturated heterocycles. The lowest BCUT2D eigenvalue weighted by Gasteiger charge is -2.16. The van der Waals surface area contributed by atoms with E-state index < -0.39 is 9.84 Å². The molecular formula is C27H26O4S. The van der Waals surface area contributed by atoms with Crippen LogP contribution in [-0.4, -0.2) is 20.0 Å². The molecular weight excluding hydrogens is 420 g/mol. The Labute approximate surface area is 189 Å². The van der Waals surface area contributed by atoms with Crippen LogP contribution in [0.5, 0.6) is 0 Å². The van der Waals surface area contributed by atoms with Gasteiger partial charge in [-0.2, -0.15) is 0 Å². The largest absolute Gasteiger partial charge is 0.372 e. The maximum atomic E-state index is 13.3. The Hall–Kier alpha value is -2.76. The van der Waals surface area contributed by atoms with Gasteiger partial charge in [-0.3, -0.25) is 4.79 Å². The quantitative estimate of drug-likeness (QED) is 0.511. The Morgan fingerprint density at radius 3 is 2.38 bits per heavy atom. The highest BCUT2D eigenvalue weighted by atomic mass is 32.2. The molecule has 5 rings (SSSR count). The Morgan fingerprint density at radius 1 is 0.906 bits per heavy atom. The first-order valence-corrected chi connectivity index (χ1v) is 12.7. The minimum Gasteiger partial charge on any atom is -0.372 e. The van der Waals surface area contributed by atoms with Gasteiger partial charge in [0.05, 0.1) is 29.3 Å². The second kappa shape index (κ2) is 7.98. The van der Waals surface area contributed by atoms with Crippen LogP contribution in [0.15, 0.2) is 71.6 Å². The fraction of sp³-hybridized carbons (Fsp3) is 0.296. The van der Waals surface area contributed by atoms with Crippen LogP contribution in [0.4, 0.5) is 0 Å². The number of benzene rings is 3. The summed E-state index contributed by atoms with van der Waals surface area (Å²) in [6.07, 6.45) is 2.20. The topological polar surface area (TPSA) is 60.4 Å². The number of carbonyl (C=O) groups is 1. The van der Waals surface area contributed by atoms with Crippen molar-refractivity contribution in [3.63, 3.8) is 0 Å². The van der Waals surface area contributed by atoms with Crippen molar-refractivity contribution in [2.24, 2.45) is 0 Å². The van der Waals surface area contributed by atoms with Gasteiger partial charge in [-0.25, -0.2) is 8.42 Å². The summed E-state index contributed by atoms with van der Waals surface area (Å²) in [6, 6.07) is 21.3. The summed E-state index contributed by atoms with van der Waals surface area (Å²) >= 11 is 0. The normalized spacial score (nSPS) is 16.5. The van der Waals surface area contributed by atoms with Gasteiger partial charge < -0.3 is 4.74 Å². The van der Waals surface area contributed by atoms with Crippen molar-refractivity contribution in [3.05, 3.63) is 89.0 Å². The van der Waals surface area contributed by atoms with Gasteiger partial charge in [-0.15, -0.1) is 0 Å². The molecule has 0 N–H and O–H groups in total.